The highest BCUT2D eigenvalue weighted by atomic mass is 32.2. The summed E-state index contributed by atoms with van der Waals surface area (Å²) in [6, 6.07) is 9.74. The number of aromatic nitrogens is 1. The van der Waals surface area contributed by atoms with Gasteiger partial charge in [0.1, 0.15) is 6.26 Å². The summed E-state index contributed by atoms with van der Waals surface area (Å²) in [6.07, 6.45) is 1.65. The van der Waals surface area contributed by atoms with Crippen molar-refractivity contribution >= 4 is 9.84 Å². The molecule has 1 aliphatic heterocycles. The van der Waals surface area contributed by atoms with E-state index in [1.807, 2.05) is 37.3 Å². The van der Waals surface area contributed by atoms with Crippen LogP contribution in [0.4, 0.5) is 0 Å². The van der Waals surface area contributed by atoms with E-state index in [4.69, 9.17) is 4.42 Å². The Bertz CT molecular complexity index is 710. The van der Waals surface area contributed by atoms with Crippen LogP contribution in [0.3, 0.4) is 0 Å². The number of sulfone groups is 1. The van der Waals surface area contributed by atoms with E-state index in [9.17, 15) is 8.42 Å². The first-order chi connectivity index (χ1) is 10.0. The molecule has 1 aromatic heterocycles. The van der Waals surface area contributed by atoms with Crippen molar-refractivity contribution in [1.29, 1.82) is 0 Å². The standard InChI is InChI=1S/C15H18N2O3S/c1-12-11-21(18,19)8-7-17(12)9-14-10-20-15(16-14)13-5-3-2-4-6-13/h2-6,10,12H,7-9,11H2,1H3/t12-/m0/s1. The lowest BCUT2D eigenvalue weighted by Crippen LogP contribution is -2.46. The molecule has 0 amide bonds. The summed E-state index contributed by atoms with van der Waals surface area (Å²) in [5.41, 5.74) is 1.78. The van der Waals surface area contributed by atoms with Gasteiger partial charge in [-0.05, 0) is 19.1 Å². The molecule has 0 saturated carbocycles. The van der Waals surface area contributed by atoms with Crippen LogP contribution in [0.15, 0.2) is 41.0 Å². The lowest BCUT2D eigenvalue weighted by molar-refractivity contribution is 0.215. The number of benzene rings is 1. The first kappa shape index (κ1) is 14.3. The molecule has 0 radical (unpaired) electrons. The SMILES string of the molecule is C[C@H]1CS(=O)(=O)CCN1Cc1coc(-c2ccccc2)n1. The van der Waals surface area contributed by atoms with E-state index in [0.29, 0.717) is 19.0 Å². The fourth-order valence-corrected chi connectivity index (χ4v) is 4.19. The minimum Gasteiger partial charge on any atom is -0.444 e. The van der Waals surface area contributed by atoms with E-state index in [0.717, 1.165) is 11.3 Å². The summed E-state index contributed by atoms with van der Waals surface area (Å²) < 4.78 is 28.7. The minimum absolute atomic E-state index is 0.0145. The molecule has 0 spiro atoms. The van der Waals surface area contributed by atoms with Crippen molar-refractivity contribution in [3.05, 3.63) is 42.3 Å². The maximum atomic E-state index is 11.6. The van der Waals surface area contributed by atoms with Gasteiger partial charge in [0.25, 0.3) is 0 Å². The van der Waals surface area contributed by atoms with Gasteiger partial charge < -0.3 is 4.42 Å². The van der Waals surface area contributed by atoms with Crippen LogP contribution in [0.2, 0.25) is 0 Å². The van der Waals surface area contributed by atoms with Gasteiger partial charge in [-0.3, -0.25) is 4.90 Å². The molecule has 6 heteroatoms. The third-order valence-corrected chi connectivity index (χ3v) is 5.54. The summed E-state index contributed by atoms with van der Waals surface area (Å²) >= 11 is 0. The maximum absolute atomic E-state index is 11.6. The van der Waals surface area contributed by atoms with Gasteiger partial charge >= 0.3 is 0 Å². The van der Waals surface area contributed by atoms with Crippen molar-refractivity contribution < 1.29 is 12.8 Å². The molecule has 1 saturated heterocycles. The van der Waals surface area contributed by atoms with Crippen LogP contribution in [0, 0.1) is 0 Å². The molecular weight excluding hydrogens is 288 g/mol. The average molecular weight is 306 g/mol. The summed E-state index contributed by atoms with van der Waals surface area (Å²) in [6.45, 7) is 3.11. The van der Waals surface area contributed by atoms with Crippen LogP contribution < -0.4 is 0 Å². The van der Waals surface area contributed by atoms with Crippen molar-refractivity contribution in [1.82, 2.24) is 9.88 Å². The molecule has 5 nitrogen and oxygen atoms in total. The van der Waals surface area contributed by atoms with Crippen LogP contribution in [0.1, 0.15) is 12.6 Å². The topological polar surface area (TPSA) is 63.4 Å². The lowest BCUT2D eigenvalue weighted by Gasteiger charge is -2.32. The second-order valence-corrected chi connectivity index (χ2v) is 7.67. The van der Waals surface area contributed by atoms with Crippen LogP contribution >= 0.6 is 0 Å². The zero-order chi connectivity index (χ0) is 14.9. The molecule has 0 bridgehead atoms. The van der Waals surface area contributed by atoms with Crippen molar-refractivity contribution in [3.8, 4) is 11.5 Å². The quantitative estimate of drug-likeness (QED) is 0.867. The van der Waals surface area contributed by atoms with Gasteiger partial charge in [0.15, 0.2) is 9.84 Å². The lowest BCUT2D eigenvalue weighted by atomic mass is 10.2. The molecule has 3 rings (SSSR count). The summed E-state index contributed by atoms with van der Waals surface area (Å²) in [5, 5.41) is 0. The molecular formula is C15H18N2O3S. The Labute approximate surface area is 124 Å². The molecule has 1 aliphatic rings. The highest BCUT2D eigenvalue weighted by molar-refractivity contribution is 7.91. The molecule has 2 aromatic rings. The molecule has 2 heterocycles. The van der Waals surface area contributed by atoms with E-state index in [-0.39, 0.29) is 17.5 Å². The van der Waals surface area contributed by atoms with Crippen molar-refractivity contribution in [2.24, 2.45) is 0 Å². The summed E-state index contributed by atoms with van der Waals surface area (Å²) in [5.74, 6) is 1.04. The first-order valence-electron chi connectivity index (χ1n) is 6.98. The highest BCUT2D eigenvalue weighted by Crippen LogP contribution is 2.20. The van der Waals surface area contributed by atoms with Crippen LogP contribution in [-0.2, 0) is 16.4 Å². The molecule has 0 unspecified atom stereocenters. The number of rotatable bonds is 3. The molecule has 21 heavy (non-hydrogen) atoms. The molecule has 0 aliphatic carbocycles. The third-order valence-electron chi connectivity index (χ3n) is 3.75. The Morgan fingerprint density at radius 1 is 1.33 bits per heavy atom. The number of hydrogen-bond donors (Lipinski definition) is 0. The number of nitrogens with zero attached hydrogens (tertiary/aromatic N) is 2. The van der Waals surface area contributed by atoms with Gasteiger partial charge in [-0.15, -0.1) is 0 Å². The van der Waals surface area contributed by atoms with E-state index in [1.54, 1.807) is 6.26 Å². The fraction of sp³-hybridized carbons (Fsp3) is 0.400. The molecule has 112 valence electrons. The predicted octanol–water partition coefficient (Wildman–Crippen LogP) is 1.96. The number of oxazole rings is 1. The van der Waals surface area contributed by atoms with Gasteiger partial charge in [-0.1, -0.05) is 18.2 Å². The Morgan fingerprint density at radius 2 is 2.10 bits per heavy atom. The largest absolute Gasteiger partial charge is 0.444 e. The predicted molar refractivity (Wildman–Crippen MR) is 80.5 cm³/mol. The Hall–Kier alpha value is -1.66. The third kappa shape index (κ3) is 3.33. The fourth-order valence-electron chi connectivity index (χ4n) is 2.57. The van der Waals surface area contributed by atoms with E-state index < -0.39 is 9.84 Å². The molecule has 0 N–H and O–H groups in total. The molecule has 1 aromatic carbocycles. The maximum Gasteiger partial charge on any atom is 0.226 e. The second kappa shape index (κ2) is 5.61. The Balaban J connectivity index is 1.71. The number of hydrogen-bond acceptors (Lipinski definition) is 5. The minimum atomic E-state index is -2.88. The normalized spacial score (nSPS) is 22.2. The summed E-state index contributed by atoms with van der Waals surface area (Å²) in [7, 11) is -2.88. The summed E-state index contributed by atoms with van der Waals surface area (Å²) in [4.78, 5) is 6.62. The van der Waals surface area contributed by atoms with Crippen molar-refractivity contribution in [2.45, 2.75) is 19.5 Å². The van der Waals surface area contributed by atoms with Crippen LogP contribution in [-0.4, -0.2) is 42.4 Å². The van der Waals surface area contributed by atoms with E-state index in [2.05, 4.69) is 9.88 Å². The van der Waals surface area contributed by atoms with Crippen LogP contribution in [0.25, 0.3) is 11.5 Å². The zero-order valence-electron chi connectivity index (χ0n) is 11.9. The zero-order valence-corrected chi connectivity index (χ0v) is 12.7. The van der Waals surface area contributed by atoms with E-state index >= 15 is 0 Å². The van der Waals surface area contributed by atoms with Crippen molar-refractivity contribution in [3.63, 3.8) is 0 Å². The molecule has 1 fully saturated rings. The monoisotopic (exact) mass is 306 g/mol. The van der Waals surface area contributed by atoms with Gasteiger partial charge in [0.2, 0.25) is 5.89 Å². The van der Waals surface area contributed by atoms with Gasteiger partial charge in [0.05, 0.1) is 17.2 Å². The Kier molecular flexibility index (Phi) is 3.82. The average Bonchev–Trinajstić information content (AvgIpc) is 2.91. The Morgan fingerprint density at radius 3 is 2.81 bits per heavy atom. The van der Waals surface area contributed by atoms with E-state index in [1.165, 1.54) is 0 Å². The van der Waals surface area contributed by atoms with Gasteiger partial charge in [0, 0.05) is 24.7 Å². The molecule has 1 atom stereocenters. The smallest absolute Gasteiger partial charge is 0.226 e. The second-order valence-electron chi connectivity index (χ2n) is 5.44. The van der Waals surface area contributed by atoms with Gasteiger partial charge in [-0.25, -0.2) is 13.4 Å². The van der Waals surface area contributed by atoms with Crippen molar-refractivity contribution in [2.75, 3.05) is 18.1 Å². The van der Waals surface area contributed by atoms with Gasteiger partial charge in [-0.2, -0.15) is 0 Å². The van der Waals surface area contributed by atoms with Crippen LogP contribution in [0.5, 0.6) is 0 Å². The highest BCUT2D eigenvalue weighted by Gasteiger charge is 2.28. The first-order valence-corrected chi connectivity index (χ1v) is 8.80.